The number of nitrogens with one attached hydrogen (secondary N) is 2. The van der Waals surface area contributed by atoms with Gasteiger partial charge < -0.3 is 20.1 Å². The van der Waals surface area contributed by atoms with Crippen LogP contribution in [-0.4, -0.2) is 41.2 Å². The highest BCUT2D eigenvalue weighted by atomic mass is 16.5. The van der Waals surface area contributed by atoms with Gasteiger partial charge in [-0.2, -0.15) is 0 Å². The third-order valence-electron chi connectivity index (χ3n) is 4.31. The van der Waals surface area contributed by atoms with Crippen molar-refractivity contribution < 1.29 is 19.4 Å². The molecule has 3 N–H and O–H groups in total. The van der Waals surface area contributed by atoms with Crippen molar-refractivity contribution in [3.63, 3.8) is 0 Å². The van der Waals surface area contributed by atoms with Crippen LogP contribution in [0, 0.1) is 5.92 Å². The number of ether oxygens (including phenoxy) is 1. The number of hydrogen-bond donors (Lipinski definition) is 3. The van der Waals surface area contributed by atoms with Crippen molar-refractivity contribution in [1.29, 1.82) is 0 Å². The number of para-hydroxylation sites is 1. The minimum Gasteiger partial charge on any atom is -0.480 e. The highest BCUT2D eigenvalue weighted by Crippen LogP contribution is 2.20. The standard InChI is InChI=1S/C17H20N2O4/c20-16(11-5-7-23-8-6-11)19-15(17(21)22)9-12-10-18-14-4-2-1-3-13(12)14/h1-4,10-11,15,18H,5-9H2,(H,19,20)(H,21,22). The van der Waals surface area contributed by atoms with Gasteiger partial charge in [-0.05, 0) is 24.5 Å². The van der Waals surface area contributed by atoms with E-state index in [1.165, 1.54) is 0 Å². The second-order valence-electron chi connectivity index (χ2n) is 5.85. The molecule has 0 aliphatic carbocycles. The van der Waals surface area contributed by atoms with Crippen LogP contribution in [0.2, 0.25) is 0 Å². The average Bonchev–Trinajstić information content (AvgIpc) is 2.98. The molecular weight excluding hydrogens is 296 g/mol. The van der Waals surface area contributed by atoms with Crippen LogP contribution in [0.15, 0.2) is 30.5 Å². The second-order valence-corrected chi connectivity index (χ2v) is 5.85. The van der Waals surface area contributed by atoms with Gasteiger partial charge in [0.2, 0.25) is 5.91 Å². The van der Waals surface area contributed by atoms with Crippen molar-refractivity contribution in [3.05, 3.63) is 36.0 Å². The number of rotatable bonds is 5. The number of aliphatic carboxylic acids is 1. The predicted octanol–water partition coefficient (Wildman–Crippen LogP) is 1.71. The molecule has 1 unspecified atom stereocenters. The minimum atomic E-state index is -1.02. The Morgan fingerprint density at radius 1 is 1.30 bits per heavy atom. The molecule has 122 valence electrons. The molecule has 23 heavy (non-hydrogen) atoms. The van der Waals surface area contributed by atoms with Crippen molar-refractivity contribution in [2.75, 3.05) is 13.2 Å². The fourth-order valence-electron chi connectivity index (χ4n) is 2.97. The molecule has 1 amide bonds. The second kappa shape index (κ2) is 6.83. The van der Waals surface area contributed by atoms with E-state index in [1.54, 1.807) is 6.20 Å². The minimum absolute atomic E-state index is 0.159. The van der Waals surface area contributed by atoms with Gasteiger partial charge in [-0.1, -0.05) is 18.2 Å². The van der Waals surface area contributed by atoms with Gasteiger partial charge in [-0.25, -0.2) is 4.79 Å². The van der Waals surface area contributed by atoms with E-state index >= 15 is 0 Å². The highest BCUT2D eigenvalue weighted by Gasteiger charge is 2.27. The van der Waals surface area contributed by atoms with Crippen molar-refractivity contribution in [2.24, 2.45) is 5.92 Å². The van der Waals surface area contributed by atoms with Gasteiger partial charge in [0.05, 0.1) is 0 Å². The van der Waals surface area contributed by atoms with Crippen LogP contribution in [0.5, 0.6) is 0 Å². The van der Waals surface area contributed by atoms with E-state index in [2.05, 4.69) is 10.3 Å². The first-order valence-corrected chi connectivity index (χ1v) is 7.81. The molecule has 2 heterocycles. The summed E-state index contributed by atoms with van der Waals surface area (Å²) < 4.78 is 5.24. The van der Waals surface area contributed by atoms with Gasteiger partial charge >= 0.3 is 5.97 Å². The Kier molecular flexibility index (Phi) is 4.62. The van der Waals surface area contributed by atoms with Crippen LogP contribution in [0.25, 0.3) is 10.9 Å². The number of carbonyl (C=O) groups excluding carboxylic acids is 1. The number of aromatic amines is 1. The van der Waals surface area contributed by atoms with Crippen LogP contribution < -0.4 is 5.32 Å². The number of carboxylic acids is 1. The number of carboxylic acid groups (broad SMARTS) is 1. The van der Waals surface area contributed by atoms with E-state index in [1.807, 2.05) is 24.3 Å². The molecule has 6 heteroatoms. The number of aromatic nitrogens is 1. The van der Waals surface area contributed by atoms with Crippen molar-refractivity contribution >= 4 is 22.8 Å². The molecule has 0 radical (unpaired) electrons. The summed E-state index contributed by atoms with van der Waals surface area (Å²) in [6.07, 6.45) is 3.35. The van der Waals surface area contributed by atoms with Gasteiger partial charge in [0, 0.05) is 42.7 Å². The summed E-state index contributed by atoms with van der Waals surface area (Å²) in [7, 11) is 0. The molecule has 3 rings (SSSR count). The third kappa shape index (κ3) is 3.53. The maximum absolute atomic E-state index is 12.3. The van der Waals surface area contributed by atoms with Gasteiger partial charge in [0.15, 0.2) is 0 Å². The SMILES string of the molecule is O=C(NC(Cc1c[nH]c2ccccc12)C(=O)O)C1CCOCC1. The molecule has 1 aliphatic rings. The molecule has 1 aromatic carbocycles. The zero-order valence-corrected chi connectivity index (χ0v) is 12.7. The summed E-state index contributed by atoms with van der Waals surface area (Å²) in [6, 6.07) is 6.79. The van der Waals surface area contributed by atoms with E-state index in [0.717, 1.165) is 16.5 Å². The molecule has 1 atom stereocenters. The maximum atomic E-state index is 12.3. The Balaban J connectivity index is 1.71. The third-order valence-corrected chi connectivity index (χ3v) is 4.31. The quantitative estimate of drug-likeness (QED) is 0.783. The molecule has 1 fully saturated rings. The summed E-state index contributed by atoms with van der Waals surface area (Å²) in [5, 5.41) is 13.1. The summed E-state index contributed by atoms with van der Waals surface area (Å²) in [5.41, 5.74) is 1.85. The van der Waals surface area contributed by atoms with Crippen LogP contribution >= 0.6 is 0 Å². The Morgan fingerprint density at radius 2 is 2.04 bits per heavy atom. The normalized spacial score (nSPS) is 17.0. The highest BCUT2D eigenvalue weighted by molar-refractivity contribution is 5.87. The number of benzene rings is 1. The fraction of sp³-hybridized carbons (Fsp3) is 0.412. The van der Waals surface area contributed by atoms with Crippen LogP contribution in [0.3, 0.4) is 0 Å². The first kappa shape index (κ1) is 15.6. The number of fused-ring (bicyclic) bond motifs is 1. The molecule has 1 aromatic heterocycles. The first-order valence-electron chi connectivity index (χ1n) is 7.81. The Morgan fingerprint density at radius 3 is 2.78 bits per heavy atom. The van der Waals surface area contributed by atoms with Gasteiger partial charge in [-0.15, -0.1) is 0 Å². The van der Waals surface area contributed by atoms with Crippen LogP contribution in [-0.2, 0) is 20.7 Å². The summed E-state index contributed by atoms with van der Waals surface area (Å²) >= 11 is 0. The Labute approximate surface area is 133 Å². The molecule has 0 saturated carbocycles. The smallest absolute Gasteiger partial charge is 0.326 e. The lowest BCUT2D eigenvalue weighted by molar-refractivity contribution is -0.143. The lowest BCUT2D eigenvalue weighted by atomic mass is 9.98. The van der Waals surface area contributed by atoms with E-state index in [0.29, 0.717) is 26.1 Å². The summed E-state index contributed by atoms with van der Waals surface area (Å²) in [6.45, 7) is 1.11. The zero-order chi connectivity index (χ0) is 16.2. The topological polar surface area (TPSA) is 91.4 Å². The molecule has 1 aliphatic heterocycles. The molecule has 0 bridgehead atoms. The average molecular weight is 316 g/mol. The number of amides is 1. The monoisotopic (exact) mass is 316 g/mol. The Hall–Kier alpha value is -2.34. The lowest BCUT2D eigenvalue weighted by Gasteiger charge is -2.23. The predicted molar refractivity (Wildman–Crippen MR) is 85.1 cm³/mol. The number of carbonyl (C=O) groups is 2. The fourth-order valence-corrected chi connectivity index (χ4v) is 2.97. The lowest BCUT2D eigenvalue weighted by Crippen LogP contribution is -2.45. The van der Waals surface area contributed by atoms with Crippen molar-refractivity contribution in [2.45, 2.75) is 25.3 Å². The van der Waals surface area contributed by atoms with E-state index in [4.69, 9.17) is 4.74 Å². The Bertz CT molecular complexity index is 703. The summed E-state index contributed by atoms with van der Waals surface area (Å²) in [4.78, 5) is 26.9. The van der Waals surface area contributed by atoms with Crippen molar-refractivity contribution in [1.82, 2.24) is 10.3 Å². The van der Waals surface area contributed by atoms with Gasteiger partial charge in [-0.3, -0.25) is 4.79 Å². The largest absolute Gasteiger partial charge is 0.480 e. The molecule has 2 aromatic rings. The van der Waals surface area contributed by atoms with E-state index in [9.17, 15) is 14.7 Å². The first-order chi connectivity index (χ1) is 11.1. The zero-order valence-electron chi connectivity index (χ0n) is 12.7. The molecule has 0 spiro atoms. The number of hydrogen-bond acceptors (Lipinski definition) is 3. The van der Waals surface area contributed by atoms with Gasteiger partial charge in [0.1, 0.15) is 6.04 Å². The number of H-pyrrole nitrogens is 1. The van der Waals surface area contributed by atoms with E-state index < -0.39 is 12.0 Å². The molecular formula is C17H20N2O4. The van der Waals surface area contributed by atoms with Crippen molar-refractivity contribution in [3.8, 4) is 0 Å². The van der Waals surface area contributed by atoms with E-state index in [-0.39, 0.29) is 18.2 Å². The molecule has 6 nitrogen and oxygen atoms in total. The summed E-state index contributed by atoms with van der Waals surface area (Å²) in [5.74, 6) is -1.37. The van der Waals surface area contributed by atoms with Gasteiger partial charge in [0.25, 0.3) is 0 Å². The maximum Gasteiger partial charge on any atom is 0.326 e. The molecule has 1 saturated heterocycles. The van der Waals surface area contributed by atoms with Crippen LogP contribution in [0.1, 0.15) is 18.4 Å². The van der Waals surface area contributed by atoms with Crippen LogP contribution in [0.4, 0.5) is 0 Å².